The molecule has 0 unspecified atom stereocenters. The highest BCUT2D eigenvalue weighted by Gasteiger charge is 2.35. The van der Waals surface area contributed by atoms with Crippen LogP contribution in [-0.4, -0.2) is 53.2 Å². The Morgan fingerprint density at radius 3 is 2.60 bits per heavy atom. The van der Waals surface area contributed by atoms with Crippen molar-refractivity contribution in [1.82, 2.24) is 9.80 Å². The van der Waals surface area contributed by atoms with Crippen LogP contribution in [0.4, 0.5) is 0 Å². The van der Waals surface area contributed by atoms with Crippen molar-refractivity contribution in [2.45, 2.75) is 44.8 Å². The van der Waals surface area contributed by atoms with E-state index in [4.69, 9.17) is 4.42 Å². The van der Waals surface area contributed by atoms with Crippen LogP contribution < -0.4 is 0 Å². The Kier molecular flexibility index (Phi) is 4.15. The van der Waals surface area contributed by atoms with Crippen molar-refractivity contribution < 1.29 is 9.52 Å². The third-order valence-corrected chi connectivity index (χ3v) is 4.53. The van der Waals surface area contributed by atoms with Crippen molar-refractivity contribution in [2.24, 2.45) is 0 Å². The first-order chi connectivity index (χ1) is 9.63. The van der Waals surface area contributed by atoms with Gasteiger partial charge in [-0.25, -0.2) is 0 Å². The molecule has 2 saturated heterocycles. The van der Waals surface area contributed by atoms with Gasteiger partial charge in [0.25, 0.3) is 0 Å². The van der Waals surface area contributed by atoms with E-state index in [-0.39, 0.29) is 0 Å². The molecule has 0 radical (unpaired) electrons. The Bertz CT molecular complexity index is 439. The summed E-state index contributed by atoms with van der Waals surface area (Å²) in [6.07, 6.45) is 4.57. The van der Waals surface area contributed by atoms with E-state index in [1.54, 1.807) is 0 Å². The maximum absolute atomic E-state index is 10.9. The molecule has 1 aromatic heterocycles. The molecule has 4 heteroatoms. The highest BCUT2D eigenvalue weighted by atomic mass is 16.3. The van der Waals surface area contributed by atoms with Crippen LogP contribution in [-0.2, 0) is 6.54 Å². The van der Waals surface area contributed by atoms with Gasteiger partial charge in [0.15, 0.2) is 0 Å². The van der Waals surface area contributed by atoms with Gasteiger partial charge in [0, 0.05) is 13.1 Å². The summed E-state index contributed by atoms with van der Waals surface area (Å²) in [6.45, 7) is 7.75. The van der Waals surface area contributed by atoms with Gasteiger partial charge in [-0.3, -0.25) is 4.90 Å². The van der Waals surface area contributed by atoms with Gasteiger partial charge in [0.05, 0.1) is 12.1 Å². The van der Waals surface area contributed by atoms with Crippen molar-refractivity contribution in [1.29, 1.82) is 0 Å². The van der Waals surface area contributed by atoms with Crippen molar-refractivity contribution in [2.75, 3.05) is 32.7 Å². The summed E-state index contributed by atoms with van der Waals surface area (Å²) >= 11 is 0. The third kappa shape index (κ3) is 3.43. The lowest BCUT2D eigenvalue weighted by Gasteiger charge is -2.41. The summed E-state index contributed by atoms with van der Waals surface area (Å²) in [4.78, 5) is 4.75. The molecule has 0 bridgehead atoms. The first-order valence-electron chi connectivity index (χ1n) is 7.85. The summed E-state index contributed by atoms with van der Waals surface area (Å²) < 4.78 is 5.65. The molecule has 2 fully saturated rings. The molecule has 1 aromatic rings. The zero-order chi connectivity index (χ0) is 14.0. The van der Waals surface area contributed by atoms with Crippen LogP contribution in [0, 0.1) is 6.92 Å². The van der Waals surface area contributed by atoms with E-state index in [1.807, 2.05) is 19.1 Å². The first-order valence-corrected chi connectivity index (χ1v) is 7.85. The molecule has 0 aliphatic carbocycles. The van der Waals surface area contributed by atoms with Gasteiger partial charge in [-0.1, -0.05) is 0 Å². The van der Waals surface area contributed by atoms with Crippen LogP contribution in [0.5, 0.6) is 0 Å². The summed E-state index contributed by atoms with van der Waals surface area (Å²) in [5.74, 6) is 1.97. The SMILES string of the molecule is Cc1ccc(CN2CCC[C@](O)(CN3CCCC3)C2)o1. The molecule has 2 aliphatic heterocycles. The maximum atomic E-state index is 10.9. The topological polar surface area (TPSA) is 39.9 Å². The molecule has 0 spiro atoms. The van der Waals surface area contributed by atoms with E-state index >= 15 is 0 Å². The van der Waals surface area contributed by atoms with Gasteiger partial charge in [-0.15, -0.1) is 0 Å². The highest BCUT2D eigenvalue weighted by molar-refractivity contribution is 5.06. The molecule has 2 aliphatic rings. The predicted octanol–water partition coefficient (Wildman–Crippen LogP) is 2.01. The van der Waals surface area contributed by atoms with E-state index in [1.165, 1.54) is 12.8 Å². The van der Waals surface area contributed by atoms with Gasteiger partial charge in [0.2, 0.25) is 0 Å². The predicted molar refractivity (Wildman–Crippen MR) is 78.6 cm³/mol. The van der Waals surface area contributed by atoms with Gasteiger partial charge in [0.1, 0.15) is 11.5 Å². The van der Waals surface area contributed by atoms with E-state index in [0.29, 0.717) is 0 Å². The van der Waals surface area contributed by atoms with Crippen LogP contribution in [0.15, 0.2) is 16.5 Å². The first kappa shape index (κ1) is 14.1. The number of aliphatic hydroxyl groups is 1. The van der Waals surface area contributed by atoms with E-state index in [2.05, 4.69) is 9.80 Å². The lowest BCUT2D eigenvalue weighted by molar-refractivity contribution is -0.0531. The number of furan rings is 1. The Hall–Kier alpha value is -0.840. The number of rotatable bonds is 4. The molecule has 3 rings (SSSR count). The van der Waals surface area contributed by atoms with Crippen LogP contribution in [0.25, 0.3) is 0 Å². The van der Waals surface area contributed by atoms with Crippen LogP contribution in [0.3, 0.4) is 0 Å². The van der Waals surface area contributed by atoms with Crippen molar-refractivity contribution in [3.63, 3.8) is 0 Å². The van der Waals surface area contributed by atoms with Crippen molar-refractivity contribution in [3.05, 3.63) is 23.7 Å². The molecule has 112 valence electrons. The number of β-amino-alcohol motifs (C(OH)–C–C–N with tert-alkyl or cyclic N) is 1. The highest BCUT2D eigenvalue weighted by Crippen LogP contribution is 2.25. The third-order valence-electron chi connectivity index (χ3n) is 4.53. The van der Waals surface area contributed by atoms with Crippen LogP contribution in [0.2, 0.25) is 0 Å². The smallest absolute Gasteiger partial charge is 0.118 e. The van der Waals surface area contributed by atoms with E-state index in [0.717, 1.165) is 63.6 Å². The molecule has 1 atom stereocenters. The fourth-order valence-corrected chi connectivity index (χ4v) is 3.62. The molecular weight excluding hydrogens is 252 g/mol. The summed E-state index contributed by atoms with van der Waals surface area (Å²) in [7, 11) is 0. The summed E-state index contributed by atoms with van der Waals surface area (Å²) in [5.41, 5.74) is -0.537. The fraction of sp³-hybridized carbons (Fsp3) is 0.750. The number of hydrogen-bond donors (Lipinski definition) is 1. The summed E-state index contributed by atoms with van der Waals surface area (Å²) in [5, 5.41) is 10.9. The molecule has 0 saturated carbocycles. The largest absolute Gasteiger partial charge is 0.465 e. The minimum Gasteiger partial charge on any atom is -0.465 e. The number of likely N-dealkylation sites (tertiary alicyclic amines) is 2. The fourth-order valence-electron chi connectivity index (χ4n) is 3.62. The molecule has 3 heterocycles. The Morgan fingerprint density at radius 2 is 1.90 bits per heavy atom. The van der Waals surface area contributed by atoms with Gasteiger partial charge >= 0.3 is 0 Å². The second-order valence-electron chi connectivity index (χ2n) is 6.53. The molecular formula is C16H26N2O2. The second kappa shape index (κ2) is 5.88. The number of hydrogen-bond acceptors (Lipinski definition) is 4. The average molecular weight is 278 g/mol. The summed E-state index contributed by atoms with van der Waals surface area (Å²) in [6, 6.07) is 4.05. The standard InChI is InChI=1S/C16H26N2O2/c1-14-5-6-15(20-14)11-18-10-4-7-16(19,13-18)12-17-8-2-3-9-17/h5-6,19H,2-4,7-13H2,1H3/t16-/m0/s1. The molecule has 20 heavy (non-hydrogen) atoms. The number of aryl methyl sites for hydroxylation is 1. The lowest BCUT2D eigenvalue weighted by atomic mass is 9.92. The normalized spacial score (nSPS) is 29.1. The van der Waals surface area contributed by atoms with Crippen LogP contribution >= 0.6 is 0 Å². The Balaban J connectivity index is 1.57. The van der Waals surface area contributed by atoms with Gasteiger partial charge < -0.3 is 14.4 Å². The minimum absolute atomic E-state index is 0.537. The van der Waals surface area contributed by atoms with Crippen molar-refractivity contribution in [3.8, 4) is 0 Å². The zero-order valence-corrected chi connectivity index (χ0v) is 12.5. The second-order valence-corrected chi connectivity index (χ2v) is 6.53. The monoisotopic (exact) mass is 278 g/mol. The van der Waals surface area contributed by atoms with E-state index < -0.39 is 5.60 Å². The van der Waals surface area contributed by atoms with Gasteiger partial charge in [-0.05, 0) is 64.4 Å². The Morgan fingerprint density at radius 1 is 1.15 bits per heavy atom. The molecule has 1 N–H and O–H groups in total. The number of piperidine rings is 1. The average Bonchev–Trinajstić information content (AvgIpc) is 3.01. The lowest BCUT2D eigenvalue weighted by Crippen LogP contribution is -2.53. The van der Waals surface area contributed by atoms with Crippen molar-refractivity contribution >= 4 is 0 Å². The van der Waals surface area contributed by atoms with Gasteiger partial charge in [-0.2, -0.15) is 0 Å². The zero-order valence-electron chi connectivity index (χ0n) is 12.5. The van der Waals surface area contributed by atoms with Crippen LogP contribution in [0.1, 0.15) is 37.2 Å². The minimum atomic E-state index is -0.537. The molecule has 4 nitrogen and oxygen atoms in total. The molecule has 0 aromatic carbocycles. The molecule has 0 amide bonds. The van der Waals surface area contributed by atoms with E-state index in [9.17, 15) is 5.11 Å². The maximum Gasteiger partial charge on any atom is 0.118 e. The number of nitrogens with zero attached hydrogens (tertiary/aromatic N) is 2. The Labute approximate surface area is 121 Å². The quantitative estimate of drug-likeness (QED) is 0.914.